The van der Waals surface area contributed by atoms with Crippen molar-refractivity contribution in [2.45, 2.75) is 33.3 Å². The van der Waals surface area contributed by atoms with Crippen LogP contribution in [0.4, 0.5) is 0 Å². The number of hydrogen-bond acceptors (Lipinski definition) is 6. The number of ketones is 1. The minimum atomic E-state index is -0.198. The van der Waals surface area contributed by atoms with E-state index in [1.54, 1.807) is 12.1 Å². The monoisotopic (exact) mass is 427 g/mol. The summed E-state index contributed by atoms with van der Waals surface area (Å²) in [5.41, 5.74) is 2.74. The molecular formula is C22H21NO4S2. The largest absolute Gasteiger partial charge is 0.507 e. The zero-order valence-corrected chi connectivity index (χ0v) is 17.8. The van der Waals surface area contributed by atoms with Crippen molar-refractivity contribution in [1.29, 1.82) is 0 Å². The van der Waals surface area contributed by atoms with Gasteiger partial charge < -0.3 is 15.2 Å². The van der Waals surface area contributed by atoms with E-state index < -0.39 is 0 Å². The van der Waals surface area contributed by atoms with Crippen molar-refractivity contribution in [3.05, 3.63) is 63.6 Å². The van der Waals surface area contributed by atoms with Crippen LogP contribution in [0.1, 0.15) is 47.3 Å². The van der Waals surface area contributed by atoms with Crippen LogP contribution < -0.4 is 10.1 Å². The molecule has 1 fully saturated rings. The van der Waals surface area contributed by atoms with E-state index in [1.165, 1.54) is 18.7 Å². The molecule has 1 amide bonds. The Hall–Kier alpha value is -2.64. The molecule has 0 saturated carbocycles. The maximum absolute atomic E-state index is 11.8. The predicted octanol–water partition coefficient (Wildman–Crippen LogP) is 4.62. The lowest BCUT2D eigenvalue weighted by atomic mass is 9.97. The van der Waals surface area contributed by atoms with Crippen LogP contribution >= 0.6 is 24.0 Å². The van der Waals surface area contributed by atoms with Crippen LogP contribution in [0.2, 0.25) is 0 Å². The Morgan fingerprint density at radius 1 is 1.31 bits per heavy atom. The molecule has 29 heavy (non-hydrogen) atoms. The second kappa shape index (κ2) is 9.24. The highest BCUT2D eigenvalue weighted by Gasteiger charge is 2.22. The van der Waals surface area contributed by atoms with E-state index in [0.29, 0.717) is 27.0 Å². The van der Waals surface area contributed by atoms with Gasteiger partial charge in [0.1, 0.15) is 22.4 Å². The number of carbonyl (C=O) groups is 2. The number of thioether (sulfide) groups is 1. The molecule has 2 N–H and O–H groups in total. The number of phenols is 1. The number of nitrogens with one attached hydrogen (secondary N) is 1. The molecular weight excluding hydrogens is 406 g/mol. The Kier molecular flexibility index (Phi) is 6.71. The summed E-state index contributed by atoms with van der Waals surface area (Å²) in [6, 6.07) is 10.9. The minimum absolute atomic E-state index is 0.0409. The molecule has 0 atom stereocenters. The van der Waals surface area contributed by atoms with Gasteiger partial charge in [0.2, 0.25) is 0 Å². The minimum Gasteiger partial charge on any atom is -0.507 e. The second-order valence-electron chi connectivity index (χ2n) is 6.62. The highest BCUT2D eigenvalue weighted by molar-refractivity contribution is 8.26. The van der Waals surface area contributed by atoms with Gasteiger partial charge in [-0.15, -0.1) is 0 Å². The molecule has 1 heterocycles. The van der Waals surface area contributed by atoms with Gasteiger partial charge in [-0.1, -0.05) is 55.5 Å². The molecule has 1 saturated heterocycles. The zero-order valence-electron chi connectivity index (χ0n) is 16.2. The molecule has 3 rings (SSSR count). The first-order valence-electron chi connectivity index (χ1n) is 9.21. The van der Waals surface area contributed by atoms with Crippen molar-refractivity contribution in [3.8, 4) is 11.5 Å². The van der Waals surface area contributed by atoms with Crippen molar-refractivity contribution in [1.82, 2.24) is 5.32 Å². The lowest BCUT2D eigenvalue weighted by Gasteiger charge is -2.14. The molecule has 0 aromatic heterocycles. The fourth-order valence-corrected chi connectivity index (χ4v) is 4.10. The standard InChI is InChI=1S/C22H21NO4S2/c1-3-5-18-15(8-9-17(13(2)24)20(18)25)12-27-16-7-4-6-14(10-16)11-19-21(26)23-22(28)29-19/h4,6-11,25H,3,5,12H2,1-2H3,(H,23,26,28)/b19-11+. The molecule has 1 aliphatic heterocycles. The number of rotatable bonds is 7. The predicted molar refractivity (Wildman–Crippen MR) is 119 cm³/mol. The van der Waals surface area contributed by atoms with Crippen molar-refractivity contribution in [2.24, 2.45) is 0 Å². The number of phenolic OH excluding ortho intramolecular Hbond substituents is 1. The van der Waals surface area contributed by atoms with Crippen LogP contribution in [0, 0.1) is 0 Å². The SMILES string of the molecule is CCCc1c(COc2cccc(/C=C3/SC(=S)NC3=O)c2)ccc(C(C)=O)c1O. The molecule has 0 radical (unpaired) electrons. The lowest BCUT2D eigenvalue weighted by Crippen LogP contribution is -2.17. The summed E-state index contributed by atoms with van der Waals surface area (Å²) >= 11 is 6.24. The van der Waals surface area contributed by atoms with Crippen LogP contribution in [0.15, 0.2) is 41.3 Å². The highest BCUT2D eigenvalue weighted by Crippen LogP contribution is 2.30. The molecule has 2 aromatic rings. The highest BCUT2D eigenvalue weighted by atomic mass is 32.2. The Morgan fingerprint density at radius 2 is 2.10 bits per heavy atom. The maximum atomic E-state index is 11.8. The summed E-state index contributed by atoms with van der Waals surface area (Å²) in [6.45, 7) is 3.72. The van der Waals surface area contributed by atoms with E-state index in [9.17, 15) is 14.7 Å². The lowest BCUT2D eigenvalue weighted by molar-refractivity contribution is -0.115. The summed E-state index contributed by atoms with van der Waals surface area (Å²) in [6.07, 6.45) is 3.26. The van der Waals surface area contributed by atoms with Crippen LogP contribution in [0.5, 0.6) is 11.5 Å². The van der Waals surface area contributed by atoms with Crippen molar-refractivity contribution < 1.29 is 19.4 Å². The number of Topliss-reactive ketones (excluding diaryl/α,β-unsaturated/α-hetero) is 1. The van der Waals surface area contributed by atoms with Crippen LogP contribution in [0.25, 0.3) is 6.08 Å². The molecule has 7 heteroatoms. The quantitative estimate of drug-likeness (QED) is 0.382. The number of thiocarbonyl (C=S) groups is 1. The van der Waals surface area contributed by atoms with Gasteiger partial charge in [-0.25, -0.2) is 0 Å². The number of aromatic hydroxyl groups is 1. The topological polar surface area (TPSA) is 75.6 Å². The van der Waals surface area contributed by atoms with Gasteiger partial charge >= 0.3 is 0 Å². The number of hydrogen-bond donors (Lipinski definition) is 2. The van der Waals surface area contributed by atoms with E-state index in [1.807, 2.05) is 37.3 Å². The molecule has 2 aromatic carbocycles. The van der Waals surface area contributed by atoms with E-state index in [2.05, 4.69) is 5.32 Å². The zero-order chi connectivity index (χ0) is 21.0. The van der Waals surface area contributed by atoms with Crippen molar-refractivity contribution >= 4 is 46.1 Å². The van der Waals surface area contributed by atoms with E-state index in [4.69, 9.17) is 17.0 Å². The summed E-state index contributed by atoms with van der Waals surface area (Å²) in [7, 11) is 0. The maximum Gasteiger partial charge on any atom is 0.263 e. The van der Waals surface area contributed by atoms with Gasteiger partial charge in [0.05, 0.1) is 10.5 Å². The second-order valence-corrected chi connectivity index (χ2v) is 8.34. The van der Waals surface area contributed by atoms with E-state index in [-0.39, 0.29) is 24.0 Å². The van der Waals surface area contributed by atoms with Gasteiger partial charge in [0.25, 0.3) is 5.91 Å². The first-order chi connectivity index (χ1) is 13.9. The van der Waals surface area contributed by atoms with Crippen molar-refractivity contribution in [2.75, 3.05) is 0 Å². The van der Waals surface area contributed by atoms with Crippen LogP contribution in [-0.2, 0) is 17.8 Å². The Balaban J connectivity index is 1.79. The summed E-state index contributed by atoms with van der Waals surface area (Å²) in [5, 5.41) is 13.1. The van der Waals surface area contributed by atoms with E-state index >= 15 is 0 Å². The van der Waals surface area contributed by atoms with Crippen molar-refractivity contribution in [3.63, 3.8) is 0 Å². The Labute approximate surface area is 179 Å². The first-order valence-corrected chi connectivity index (χ1v) is 10.4. The normalized spacial score (nSPS) is 14.9. The third-order valence-electron chi connectivity index (χ3n) is 4.45. The van der Waals surface area contributed by atoms with Crippen LogP contribution in [0.3, 0.4) is 0 Å². The Bertz CT molecular complexity index is 1010. The molecule has 1 aliphatic rings. The third-order valence-corrected chi connectivity index (χ3v) is 5.61. The smallest absolute Gasteiger partial charge is 0.263 e. The molecule has 0 spiro atoms. The Morgan fingerprint density at radius 3 is 2.76 bits per heavy atom. The van der Waals surface area contributed by atoms with Gasteiger partial charge in [-0.2, -0.15) is 0 Å². The fourth-order valence-electron chi connectivity index (χ4n) is 3.05. The van der Waals surface area contributed by atoms with E-state index in [0.717, 1.165) is 23.1 Å². The summed E-state index contributed by atoms with van der Waals surface area (Å²) in [5.74, 6) is 0.319. The van der Waals surface area contributed by atoms with Crippen LogP contribution in [-0.4, -0.2) is 21.1 Å². The average Bonchev–Trinajstić information content (AvgIpc) is 2.99. The first kappa shape index (κ1) is 21.1. The van der Waals surface area contributed by atoms with Gasteiger partial charge in [-0.3, -0.25) is 9.59 Å². The number of benzene rings is 2. The molecule has 0 aliphatic carbocycles. The van der Waals surface area contributed by atoms with Gasteiger partial charge in [0.15, 0.2) is 5.78 Å². The van der Waals surface area contributed by atoms with Gasteiger partial charge in [-0.05, 0) is 48.7 Å². The molecule has 0 bridgehead atoms. The number of ether oxygens (including phenoxy) is 1. The average molecular weight is 428 g/mol. The molecule has 5 nitrogen and oxygen atoms in total. The molecule has 0 unspecified atom stereocenters. The fraction of sp³-hybridized carbons (Fsp3) is 0.227. The summed E-state index contributed by atoms with van der Waals surface area (Å²) in [4.78, 5) is 24.1. The summed E-state index contributed by atoms with van der Waals surface area (Å²) < 4.78 is 6.38. The van der Waals surface area contributed by atoms with Gasteiger partial charge in [0, 0.05) is 5.56 Å². The number of carbonyl (C=O) groups excluding carboxylic acids is 2. The third kappa shape index (κ3) is 5.05. The molecule has 150 valence electrons. The number of amides is 1.